The maximum atomic E-state index is 12.9. The van der Waals surface area contributed by atoms with Gasteiger partial charge in [-0.25, -0.2) is 9.37 Å². The van der Waals surface area contributed by atoms with E-state index in [4.69, 9.17) is 5.73 Å². The number of aromatic nitrogens is 1. The Morgan fingerprint density at radius 3 is 2.65 bits per heavy atom. The summed E-state index contributed by atoms with van der Waals surface area (Å²) in [6, 6.07) is 7.48. The Labute approximate surface area is 122 Å². The van der Waals surface area contributed by atoms with Gasteiger partial charge in [-0.3, -0.25) is 4.90 Å². The monoisotopic (exact) mass is 291 g/mol. The van der Waals surface area contributed by atoms with Gasteiger partial charge < -0.3 is 5.73 Å². The molecule has 0 radical (unpaired) electrons. The summed E-state index contributed by atoms with van der Waals surface area (Å²) in [5.74, 6) is -0.173. The number of benzene rings is 1. The van der Waals surface area contributed by atoms with Gasteiger partial charge in [0, 0.05) is 30.2 Å². The number of hydrogen-bond acceptors (Lipinski definition) is 4. The Hall–Kier alpha value is -1.46. The van der Waals surface area contributed by atoms with E-state index in [1.807, 2.05) is 18.3 Å². The Kier molecular flexibility index (Phi) is 3.98. The molecule has 106 valence electrons. The molecule has 1 aromatic heterocycles. The first-order valence-corrected chi connectivity index (χ1v) is 7.71. The fourth-order valence-corrected chi connectivity index (χ4v) is 3.06. The lowest BCUT2D eigenvalue weighted by molar-refractivity contribution is 0.260. The van der Waals surface area contributed by atoms with Crippen molar-refractivity contribution in [1.29, 1.82) is 0 Å². The van der Waals surface area contributed by atoms with Crippen molar-refractivity contribution in [2.75, 3.05) is 12.3 Å². The lowest BCUT2D eigenvalue weighted by atomic mass is 10.1. The van der Waals surface area contributed by atoms with Crippen LogP contribution in [0.5, 0.6) is 0 Å². The van der Waals surface area contributed by atoms with Gasteiger partial charge in [0.1, 0.15) is 5.82 Å². The summed E-state index contributed by atoms with van der Waals surface area (Å²) in [4.78, 5) is 7.80. The molecule has 1 aliphatic rings. The average molecular weight is 291 g/mol. The van der Waals surface area contributed by atoms with Crippen LogP contribution in [0.15, 0.2) is 30.5 Å². The molecule has 2 aromatic rings. The number of hydrogen-bond donors (Lipinski definition) is 1. The average Bonchev–Trinajstić information content (AvgIpc) is 3.20. The summed E-state index contributed by atoms with van der Waals surface area (Å²) >= 11 is 1.56. The van der Waals surface area contributed by atoms with Crippen molar-refractivity contribution in [2.24, 2.45) is 0 Å². The number of nitrogens with two attached hydrogens (primary N) is 1. The third kappa shape index (κ3) is 3.55. The van der Waals surface area contributed by atoms with Gasteiger partial charge in [-0.15, -0.1) is 11.3 Å². The second kappa shape index (κ2) is 5.89. The Morgan fingerprint density at radius 1 is 1.30 bits per heavy atom. The zero-order chi connectivity index (χ0) is 13.9. The predicted molar refractivity (Wildman–Crippen MR) is 80.1 cm³/mol. The number of halogens is 1. The molecule has 0 bridgehead atoms. The van der Waals surface area contributed by atoms with Crippen LogP contribution in [-0.2, 0) is 13.0 Å². The molecule has 5 heteroatoms. The molecule has 1 aliphatic carbocycles. The summed E-state index contributed by atoms with van der Waals surface area (Å²) in [6.45, 7) is 1.91. The zero-order valence-corrected chi connectivity index (χ0v) is 12.1. The van der Waals surface area contributed by atoms with E-state index in [2.05, 4.69) is 9.88 Å². The third-order valence-electron chi connectivity index (χ3n) is 3.59. The van der Waals surface area contributed by atoms with E-state index in [0.717, 1.165) is 19.5 Å². The third-order valence-corrected chi connectivity index (χ3v) is 4.41. The summed E-state index contributed by atoms with van der Waals surface area (Å²) in [6.07, 6.45) is 5.37. The number of anilines is 1. The fourth-order valence-electron chi connectivity index (χ4n) is 2.35. The van der Waals surface area contributed by atoms with Gasteiger partial charge in [-0.05, 0) is 37.0 Å². The van der Waals surface area contributed by atoms with Crippen LogP contribution < -0.4 is 5.73 Å². The van der Waals surface area contributed by atoms with Crippen molar-refractivity contribution >= 4 is 16.5 Å². The van der Waals surface area contributed by atoms with Crippen molar-refractivity contribution in [3.63, 3.8) is 0 Å². The normalized spacial score (nSPS) is 14.9. The fraction of sp³-hybridized carbons (Fsp3) is 0.400. The van der Waals surface area contributed by atoms with Crippen molar-refractivity contribution < 1.29 is 4.39 Å². The Balaban J connectivity index is 1.58. The van der Waals surface area contributed by atoms with E-state index in [9.17, 15) is 4.39 Å². The molecule has 3 rings (SSSR count). The van der Waals surface area contributed by atoms with Crippen molar-refractivity contribution in [2.45, 2.75) is 31.8 Å². The van der Waals surface area contributed by atoms with Crippen LogP contribution >= 0.6 is 11.3 Å². The van der Waals surface area contributed by atoms with Gasteiger partial charge in [0.15, 0.2) is 5.13 Å². The minimum Gasteiger partial charge on any atom is -0.375 e. The molecule has 3 nitrogen and oxygen atoms in total. The summed E-state index contributed by atoms with van der Waals surface area (Å²) < 4.78 is 12.9. The molecule has 0 unspecified atom stereocenters. The van der Waals surface area contributed by atoms with Gasteiger partial charge in [-0.2, -0.15) is 0 Å². The Bertz CT molecular complexity index is 563. The number of nitrogen functional groups attached to an aromatic ring is 1. The number of rotatable bonds is 6. The summed E-state index contributed by atoms with van der Waals surface area (Å²) in [5.41, 5.74) is 6.86. The van der Waals surface area contributed by atoms with Crippen LogP contribution in [0, 0.1) is 5.82 Å². The molecule has 1 saturated carbocycles. The highest BCUT2D eigenvalue weighted by atomic mass is 32.1. The largest absolute Gasteiger partial charge is 0.375 e. The topological polar surface area (TPSA) is 42.1 Å². The summed E-state index contributed by atoms with van der Waals surface area (Å²) in [5, 5.41) is 0.634. The van der Waals surface area contributed by atoms with Crippen molar-refractivity contribution in [3.05, 3.63) is 46.7 Å². The molecule has 0 saturated heterocycles. The molecular formula is C15H18FN3S. The molecule has 20 heavy (non-hydrogen) atoms. The molecule has 1 heterocycles. The first kappa shape index (κ1) is 13.5. The molecule has 2 N–H and O–H groups in total. The number of thiazole rings is 1. The molecule has 0 amide bonds. The maximum Gasteiger partial charge on any atom is 0.180 e. The van der Waals surface area contributed by atoms with Gasteiger partial charge >= 0.3 is 0 Å². The molecule has 1 aromatic carbocycles. The standard InChI is InChI=1S/C15H18FN3S/c16-12-3-1-11(2-4-12)7-8-19(13-5-6-13)10-14-9-18-15(17)20-14/h1-4,9,13H,5-8,10H2,(H2,17,18). The maximum absolute atomic E-state index is 12.9. The van der Waals surface area contributed by atoms with E-state index in [1.54, 1.807) is 11.3 Å². The summed E-state index contributed by atoms with van der Waals surface area (Å²) in [7, 11) is 0. The lowest BCUT2D eigenvalue weighted by Gasteiger charge is -2.21. The van der Waals surface area contributed by atoms with E-state index < -0.39 is 0 Å². The van der Waals surface area contributed by atoms with Crippen LogP contribution in [0.4, 0.5) is 9.52 Å². The smallest absolute Gasteiger partial charge is 0.180 e. The van der Waals surface area contributed by atoms with E-state index in [-0.39, 0.29) is 5.82 Å². The molecule has 0 spiro atoms. The minimum absolute atomic E-state index is 0.173. The second-order valence-electron chi connectivity index (χ2n) is 5.24. The lowest BCUT2D eigenvalue weighted by Crippen LogP contribution is -2.27. The number of nitrogens with zero attached hydrogens (tertiary/aromatic N) is 2. The van der Waals surface area contributed by atoms with Crippen LogP contribution in [0.2, 0.25) is 0 Å². The van der Waals surface area contributed by atoms with E-state index in [0.29, 0.717) is 11.2 Å². The van der Waals surface area contributed by atoms with Gasteiger partial charge in [0.05, 0.1) is 0 Å². The molecular weight excluding hydrogens is 273 g/mol. The highest BCUT2D eigenvalue weighted by Crippen LogP contribution is 2.29. The highest BCUT2D eigenvalue weighted by Gasteiger charge is 2.28. The van der Waals surface area contributed by atoms with Crippen LogP contribution in [-0.4, -0.2) is 22.5 Å². The first-order chi connectivity index (χ1) is 9.70. The quantitative estimate of drug-likeness (QED) is 0.889. The minimum atomic E-state index is -0.173. The SMILES string of the molecule is Nc1ncc(CN(CCc2ccc(F)cc2)C2CC2)s1. The second-order valence-corrected chi connectivity index (χ2v) is 6.39. The highest BCUT2D eigenvalue weighted by molar-refractivity contribution is 7.15. The molecule has 1 fully saturated rings. The van der Waals surface area contributed by atoms with E-state index in [1.165, 1.54) is 35.4 Å². The first-order valence-electron chi connectivity index (χ1n) is 6.89. The van der Waals surface area contributed by atoms with Crippen LogP contribution in [0.3, 0.4) is 0 Å². The van der Waals surface area contributed by atoms with Crippen molar-refractivity contribution in [3.8, 4) is 0 Å². The van der Waals surface area contributed by atoms with Crippen molar-refractivity contribution in [1.82, 2.24) is 9.88 Å². The van der Waals surface area contributed by atoms with Crippen LogP contribution in [0.1, 0.15) is 23.3 Å². The van der Waals surface area contributed by atoms with E-state index >= 15 is 0 Å². The van der Waals surface area contributed by atoms with Gasteiger partial charge in [0.2, 0.25) is 0 Å². The molecule has 0 atom stereocenters. The zero-order valence-electron chi connectivity index (χ0n) is 11.3. The van der Waals surface area contributed by atoms with Gasteiger partial charge in [-0.1, -0.05) is 12.1 Å². The predicted octanol–water partition coefficient (Wildman–Crippen LogP) is 3.07. The Morgan fingerprint density at radius 2 is 2.05 bits per heavy atom. The van der Waals surface area contributed by atoms with Gasteiger partial charge in [0.25, 0.3) is 0 Å². The molecule has 0 aliphatic heterocycles. The van der Waals surface area contributed by atoms with Crippen LogP contribution in [0.25, 0.3) is 0 Å².